The standard InChI is InChI=1S/C22H26N2O4S/c1-15-4-5-16(14-20(15)28-3)22(12-13-22)21(25)23-17-6-10-19(11-7-17)29(26,27)24(2)18-8-9-18/h4-7,10-11,14,18H,8-9,12-13H2,1-3H3,(H,23,25). The minimum Gasteiger partial charge on any atom is -0.496 e. The maximum absolute atomic E-state index is 13.0. The summed E-state index contributed by atoms with van der Waals surface area (Å²) >= 11 is 0. The van der Waals surface area contributed by atoms with Crippen LogP contribution in [-0.4, -0.2) is 38.8 Å². The number of sulfonamides is 1. The predicted octanol–water partition coefficient (Wildman–Crippen LogP) is 3.46. The SMILES string of the molecule is COc1cc(C2(C(=O)Nc3ccc(S(=O)(=O)N(C)C4CC4)cc3)CC2)ccc1C. The van der Waals surface area contributed by atoms with Crippen LogP contribution in [-0.2, 0) is 20.2 Å². The summed E-state index contributed by atoms with van der Waals surface area (Å²) in [5.74, 6) is 0.699. The number of carbonyl (C=O) groups excluding carboxylic acids is 1. The van der Waals surface area contributed by atoms with Crippen LogP contribution in [0.25, 0.3) is 0 Å². The molecule has 4 rings (SSSR count). The fourth-order valence-corrected chi connectivity index (χ4v) is 5.07. The van der Waals surface area contributed by atoms with E-state index >= 15 is 0 Å². The average Bonchev–Trinajstić information content (AvgIpc) is 3.62. The molecule has 2 aromatic carbocycles. The number of rotatable bonds is 7. The molecule has 0 aliphatic heterocycles. The lowest BCUT2D eigenvalue weighted by Crippen LogP contribution is -2.29. The van der Waals surface area contributed by atoms with Gasteiger partial charge in [-0.15, -0.1) is 0 Å². The van der Waals surface area contributed by atoms with Crippen LogP contribution in [0.5, 0.6) is 5.75 Å². The monoisotopic (exact) mass is 414 g/mol. The maximum Gasteiger partial charge on any atom is 0.243 e. The molecule has 0 saturated heterocycles. The fraction of sp³-hybridized carbons (Fsp3) is 0.409. The Morgan fingerprint density at radius 3 is 2.34 bits per heavy atom. The highest BCUT2D eigenvalue weighted by Gasteiger charge is 2.51. The number of benzene rings is 2. The van der Waals surface area contributed by atoms with Crippen molar-refractivity contribution in [1.29, 1.82) is 0 Å². The highest BCUT2D eigenvalue weighted by molar-refractivity contribution is 7.89. The quantitative estimate of drug-likeness (QED) is 0.753. The van der Waals surface area contributed by atoms with E-state index in [0.717, 1.165) is 42.6 Å². The Morgan fingerprint density at radius 1 is 1.14 bits per heavy atom. The summed E-state index contributed by atoms with van der Waals surface area (Å²) in [6, 6.07) is 12.4. The smallest absolute Gasteiger partial charge is 0.243 e. The molecule has 0 heterocycles. The van der Waals surface area contributed by atoms with E-state index in [-0.39, 0.29) is 16.8 Å². The number of hydrogen-bond acceptors (Lipinski definition) is 4. The van der Waals surface area contributed by atoms with Crippen LogP contribution in [0.3, 0.4) is 0 Å². The minimum absolute atomic E-state index is 0.0749. The van der Waals surface area contributed by atoms with Gasteiger partial charge in [-0.05, 0) is 74.1 Å². The highest BCUT2D eigenvalue weighted by atomic mass is 32.2. The van der Waals surface area contributed by atoms with Gasteiger partial charge in [0.2, 0.25) is 15.9 Å². The second-order valence-corrected chi connectivity index (χ2v) is 9.99. The van der Waals surface area contributed by atoms with Crippen LogP contribution < -0.4 is 10.1 Å². The van der Waals surface area contributed by atoms with Crippen molar-refractivity contribution < 1.29 is 17.9 Å². The summed E-state index contributed by atoms with van der Waals surface area (Å²) in [6.45, 7) is 1.97. The molecule has 29 heavy (non-hydrogen) atoms. The van der Waals surface area contributed by atoms with Gasteiger partial charge >= 0.3 is 0 Å². The van der Waals surface area contributed by atoms with Gasteiger partial charge in [0.15, 0.2) is 0 Å². The van der Waals surface area contributed by atoms with Gasteiger partial charge in [0.1, 0.15) is 5.75 Å². The number of aryl methyl sites for hydroxylation is 1. The summed E-state index contributed by atoms with van der Waals surface area (Å²) in [6.07, 6.45) is 3.39. The number of methoxy groups -OCH3 is 1. The molecule has 0 bridgehead atoms. The molecule has 2 aliphatic carbocycles. The van der Waals surface area contributed by atoms with Crippen molar-refractivity contribution in [3.63, 3.8) is 0 Å². The molecule has 1 amide bonds. The maximum atomic E-state index is 13.0. The number of amides is 1. The Hall–Kier alpha value is -2.38. The van der Waals surface area contributed by atoms with E-state index in [1.54, 1.807) is 38.4 Å². The molecule has 2 fully saturated rings. The van der Waals surface area contributed by atoms with Gasteiger partial charge in [-0.2, -0.15) is 4.31 Å². The Labute approximate surface area is 171 Å². The highest BCUT2D eigenvalue weighted by Crippen LogP contribution is 2.50. The first-order valence-corrected chi connectivity index (χ1v) is 11.3. The zero-order valence-electron chi connectivity index (χ0n) is 16.9. The van der Waals surface area contributed by atoms with Crippen molar-refractivity contribution in [3.8, 4) is 5.75 Å². The molecule has 7 heteroatoms. The first kappa shape index (κ1) is 19.9. The number of carbonyl (C=O) groups is 1. The van der Waals surface area contributed by atoms with Gasteiger partial charge in [-0.3, -0.25) is 4.79 Å². The summed E-state index contributed by atoms with van der Waals surface area (Å²) in [5, 5.41) is 2.95. The van der Waals surface area contributed by atoms with E-state index in [2.05, 4.69) is 5.32 Å². The molecule has 6 nitrogen and oxygen atoms in total. The van der Waals surface area contributed by atoms with Gasteiger partial charge in [0.25, 0.3) is 0 Å². The second-order valence-electron chi connectivity index (χ2n) is 8.00. The van der Waals surface area contributed by atoms with Gasteiger partial charge < -0.3 is 10.1 Å². The minimum atomic E-state index is -3.49. The fourth-order valence-electron chi connectivity index (χ4n) is 3.65. The molecular formula is C22H26N2O4S. The first-order valence-electron chi connectivity index (χ1n) is 9.82. The summed E-state index contributed by atoms with van der Waals surface area (Å²) in [7, 11) is -0.238. The number of anilines is 1. The molecule has 0 unspecified atom stereocenters. The Balaban J connectivity index is 1.50. The zero-order valence-corrected chi connectivity index (χ0v) is 17.8. The molecular weight excluding hydrogens is 388 g/mol. The van der Waals surface area contributed by atoms with Gasteiger partial charge in [-0.1, -0.05) is 12.1 Å². The van der Waals surface area contributed by atoms with Crippen LogP contribution in [0.1, 0.15) is 36.8 Å². The second kappa shape index (κ2) is 7.15. The van der Waals surface area contributed by atoms with E-state index in [1.165, 1.54) is 4.31 Å². The van der Waals surface area contributed by atoms with Gasteiger partial charge in [-0.25, -0.2) is 8.42 Å². The van der Waals surface area contributed by atoms with E-state index in [1.807, 2.05) is 25.1 Å². The van der Waals surface area contributed by atoms with Gasteiger partial charge in [0.05, 0.1) is 17.4 Å². The topological polar surface area (TPSA) is 75.7 Å². The van der Waals surface area contributed by atoms with Crippen LogP contribution in [0, 0.1) is 6.92 Å². The average molecular weight is 415 g/mol. The molecule has 0 spiro atoms. The van der Waals surface area contributed by atoms with E-state index in [9.17, 15) is 13.2 Å². The lowest BCUT2D eigenvalue weighted by Gasteiger charge is -2.18. The van der Waals surface area contributed by atoms with Crippen molar-refractivity contribution in [3.05, 3.63) is 53.6 Å². The van der Waals surface area contributed by atoms with Crippen molar-refractivity contribution in [2.45, 2.75) is 49.0 Å². The van der Waals surface area contributed by atoms with Crippen molar-refractivity contribution in [2.75, 3.05) is 19.5 Å². The molecule has 0 radical (unpaired) electrons. The molecule has 0 atom stereocenters. The van der Waals surface area contributed by atoms with E-state index in [4.69, 9.17) is 4.74 Å². The van der Waals surface area contributed by atoms with Gasteiger partial charge in [0, 0.05) is 18.8 Å². The van der Waals surface area contributed by atoms with Crippen LogP contribution in [0.15, 0.2) is 47.4 Å². The molecule has 0 aromatic heterocycles. The van der Waals surface area contributed by atoms with Crippen molar-refractivity contribution >= 4 is 21.6 Å². The van der Waals surface area contributed by atoms with Crippen LogP contribution in [0.2, 0.25) is 0 Å². The normalized spacial score (nSPS) is 17.8. The van der Waals surface area contributed by atoms with Crippen LogP contribution >= 0.6 is 0 Å². The molecule has 1 N–H and O–H groups in total. The molecule has 2 saturated carbocycles. The number of ether oxygens (including phenoxy) is 1. The first-order chi connectivity index (χ1) is 13.8. The molecule has 2 aliphatic rings. The third-order valence-corrected chi connectivity index (χ3v) is 7.92. The lowest BCUT2D eigenvalue weighted by molar-refractivity contribution is -0.118. The number of nitrogens with zero attached hydrogens (tertiary/aromatic N) is 1. The molecule has 154 valence electrons. The number of hydrogen-bond donors (Lipinski definition) is 1. The Kier molecular flexibility index (Phi) is 4.91. The lowest BCUT2D eigenvalue weighted by atomic mass is 9.93. The third kappa shape index (κ3) is 3.65. The Morgan fingerprint density at radius 2 is 1.79 bits per heavy atom. The van der Waals surface area contributed by atoms with Crippen LogP contribution in [0.4, 0.5) is 5.69 Å². The van der Waals surface area contributed by atoms with E-state index < -0.39 is 15.4 Å². The van der Waals surface area contributed by atoms with Crippen molar-refractivity contribution in [2.24, 2.45) is 0 Å². The molecule has 2 aromatic rings. The summed E-state index contributed by atoms with van der Waals surface area (Å²) in [5.41, 5.74) is 2.02. The summed E-state index contributed by atoms with van der Waals surface area (Å²) in [4.78, 5) is 13.2. The zero-order chi connectivity index (χ0) is 20.8. The predicted molar refractivity (Wildman–Crippen MR) is 112 cm³/mol. The summed E-state index contributed by atoms with van der Waals surface area (Å²) < 4.78 is 32.1. The largest absolute Gasteiger partial charge is 0.496 e. The third-order valence-electron chi connectivity index (χ3n) is 6.00. The van der Waals surface area contributed by atoms with Crippen molar-refractivity contribution in [1.82, 2.24) is 4.31 Å². The number of nitrogens with one attached hydrogen (secondary N) is 1. The Bertz CT molecular complexity index is 1040. The van der Waals surface area contributed by atoms with E-state index in [0.29, 0.717) is 5.69 Å².